The second-order valence-corrected chi connectivity index (χ2v) is 9.39. The van der Waals surface area contributed by atoms with E-state index in [1.165, 1.54) is 11.3 Å². The molecule has 10 heteroatoms. The smallest absolute Gasteiger partial charge is 0.410 e. The van der Waals surface area contributed by atoms with Crippen molar-refractivity contribution in [2.24, 2.45) is 0 Å². The summed E-state index contributed by atoms with van der Waals surface area (Å²) in [5.41, 5.74) is 2.69. The fourth-order valence-electron chi connectivity index (χ4n) is 4.47. The van der Waals surface area contributed by atoms with Crippen LogP contribution in [0, 0.1) is 6.92 Å². The molecule has 2 saturated heterocycles. The van der Waals surface area contributed by atoms with E-state index in [1.807, 2.05) is 24.4 Å². The Kier molecular flexibility index (Phi) is 5.19. The number of piperazine rings is 1. The molecule has 1 saturated carbocycles. The Morgan fingerprint density at radius 1 is 1.23 bits per heavy atom. The molecular formula is C21H25F2N5O2S. The van der Waals surface area contributed by atoms with E-state index in [0.717, 1.165) is 22.1 Å². The van der Waals surface area contributed by atoms with E-state index >= 15 is 0 Å². The molecule has 31 heavy (non-hydrogen) atoms. The molecule has 3 aliphatic rings. The quantitative estimate of drug-likeness (QED) is 0.757. The maximum Gasteiger partial charge on any atom is 0.410 e. The van der Waals surface area contributed by atoms with Gasteiger partial charge in [-0.3, -0.25) is 4.90 Å². The molecule has 5 rings (SSSR count). The molecule has 1 aliphatic carbocycles. The molecule has 0 bridgehead atoms. The number of aryl methyl sites for hydroxylation is 1. The van der Waals surface area contributed by atoms with Crippen molar-refractivity contribution in [2.45, 2.75) is 50.6 Å². The van der Waals surface area contributed by atoms with Crippen molar-refractivity contribution in [3.05, 3.63) is 23.2 Å². The van der Waals surface area contributed by atoms with Crippen molar-refractivity contribution < 1.29 is 18.3 Å². The lowest BCUT2D eigenvalue weighted by Crippen LogP contribution is -2.52. The maximum atomic E-state index is 13.6. The Bertz CT molecular complexity index is 974. The van der Waals surface area contributed by atoms with Gasteiger partial charge in [-0.2, -0.15) is 0 Å². The Morgan fingerprint density at radius 2 is 2.03 bits per heavy atom. The van der Waals surface area contributed by atoms with Crippen molar-refractivity contribution in [1.29, 1.82) is 0 Å². The third-order valence-corrected chi connectivity index (χ3v) is 7.18. The van der Waals surface area contributed by atoms with E-state index in [0.29, 0.717) is 44.9 Å². The van der Waals surface area contributed by atoms with Crippen LogP contribution in [-0.2, 0) is 4.74 Å². The summed E-state index contributed by atoms with van der Waals surface area (Å²) in [6.07, 6.45) is 0.409. The molecule has 2 aromatic rings. The monoisotopic (exact) mass is 449 g/mol. The first-order chi connectivity index (χ1) is 14.9. The largest absolute Gasteiger partial charge is 0.447 e. The summed E-state index contributed by atoms with van der Waals surface area (Å²) in [6, 6.07) is 4.01. The number of hydrogen-bond acceptors (Lipinski definition) is 7. The number of ether oxygens (including phenoxy) is 1. The van der Waals surface area contributed by atoms with Gasteiger partial charge in [-0.1, -0.05) is 0 Å². The Labute approximate surface area is 183 Å². The number of nitrogens with zero attached hydrogens (tertiary/aromatic N) is 4. The molecule has 1 N–H and O–H groups in total. The fraction of sp³-hybridized carbons (Fsp3) is 0.571. The summed E-state index contributed by atoms with van der Waals surface area (Å²) < 4.78 is 32.3. The number of thiazole rings is 1. The molecule has 0 spiro atoms. The van der Waals surface area contributed by atoms with Crippen LogP contribution < -0.4 is 10.2 Å². The molecule has 0 unspecified atom stereocenters. The number of nitrogens with one attached hydrogen (secondary N) is 1. The van der Waals surface area contributed by atoms with Crippen LogP contribution in [0.15, 0.2) is 17.5 Å². The van der Waals surface area contributed by atoms with Gasteiger partial charge in [-0.15, -0.1) is 11.3 Å². The van der Waals surface area contributed by atoms with Gasteiger partial charge < -0.3 is 15.0 Å². The molecule has 2 aromatic heterocycles. The van der Waals surface area contributed by atoms with E-state index in [1.54, 1.807) is 4.90 Å². The Morgan fingerprint density at radius 3 is 2.77 bits per heavy atom. The molecule has 0 radical (unpaired) electrons. The summed E-state index contributed by atoms with van der Waals surface area (Å²) in [5.74, 6) is -1.88. The average Bonchev–Trinajstić information content (AvgIpc) is 3.35. The normalized spacial score (nSPS) is 23.6. The van der Waals surface area contributed by atoms with E-state index in [-0.39, 0.29) is 31.0 Å². The number of anilines is 2. The second-order valence-electron chi connectivity index (χ2n) is 8.53. The summed E-state index contributed by atoms with van der Waals surface area (Å²) >= 11 is 1.54. The zero-order chi connectivity index (χ0) is 21.6. The number of cyclic esters (lactones) is 1. The lowest BCUT2D eigenvalue weighted by molar-refractivity contribution is -0.0361. The molecule has 7 nitrogen and oxygen atoms in total. The minimum Gasteiger partial charge on any atom is -0.447 e. The number of carbonyl (C=O) groups excluding carboxylic acids is 1. The van der Waals surface area contributed by atoms with Gasteiger partial charge in [0, 0.05) is 61.3 Å². The number of halogens is 2. The number of alkyl halides is 2. The summed E-state index contributed by atoms with van der Waals surface area (Å²) in [7, 11) is 0. The number of carbonyl (C=O) groups is 1. The molecule has 2 aliphatic heterocycles. The standard InChI is InChI=1S/C21H25F2N5O2S/c1-13-12-31-19(24-13)17-8-15(27-6-7-28-16(10-27)11-30-20(28)29)9-18(26-17)25-14-2-4-21(22,23)5-3-14/h8-9,12,14,16H,2-7,10-11H2,1H3,(H,25,26)/t16-/m0/s1. The molecule has 0 aromatic carbocycles. The van der Waals surface area contributed by atoms with Crippen molar-refractivity contribution in [2.75, 3.05) is 36.5 Å². The predicted octanol–water partition coefficient (Wildman–Crippen LogP) is 4.14. The SMILES string of the molecule is Cc1csc(-c2cc(N3CCN4C(=O)OC[C@@H]4C3)cc(NC3CCC(F)(F)CC3)n2)n1. The average molecular weight is 450 g/mol. The van der Waals surface area contributed by atoms with E-state index in [9.17, 15) is 13.6 Å². The number of pyridine rings is 1. The first-order valence-corrected chi connectivity index (χ1v) is 11.5. The van der Waals surface area contributed by atoms with Gasteiger partial charge in [0.15, 0.2) is 0 Å². The highest BCUT2D eigenvalue weighted by Crippen LogP contribution is 2.35. The van der Waals surface area contributed by atoms with Crippen LogP contribution in [-0.4, -0.2) is 65.2 Å². The first kappa shape index (κ1) is 20.4. The highest BCUT2D eigenvalue weighted by Gasteiger charge is 2.38. The molecule has 1 atom stereocenters. The zero-order valence-electron chi connectivity index (χ0n) is 17.3. The zero-order valence-corrected chi connectivity index (χ0v) is 18.1. The van der Waals surface area contributed by atoms with Crippen molar-refractivity contribution in [3.63, 3.8) is 0 Å². The summed E-state index contributed by atoms with van der Waals surface area (Å²) in [5, 5.41) is 6.20. The van der Waals surface area contributed by atoms with Crippen LogP contribution in [0.5, 0.6) is 0 Å². The highest BCUT2D eigenvalue weighted by atomic mass is 32.1. The number of hydrogen-bond donors (Lipinski definition) is 1. The number of rotatable bonds is 4. The third kappa shape index (κ3) is 4.30. The second kappa shape index (κ2) is 7.89. The van der Waals surface area contributed by atoms with Crippen LogP contribution in [0.4, 0.5) is 25.1 Å². The van der Waals surface area contributed by atoms with Gasteiger partial charge in [0.1, 0.15) is 23.1 Å². The van der Waals surface area contributed by atoms with Crippen LogP contribution in [0.25, 0.3) is 10.7 Å². The lowest BCUT2D eigenvalue weighted by atomic mass is 9.92. The van der Waals surface area contributed by atoms with Gasteiger partial charge >= 0.3 is 6.09 Å². The molecular weight excluding hydrogens is 424 g/mol. The highest BCUT2D eigenvalue weighted by molar-refractivity contribution is 7.13. The fourth-order valence-corrected chi connectivity index (χ4v) is 5.23. The molecule has 3 fully saturated rings. The van der Waals surface area contributed by atoms with Gasteiger partial charge in [0.2, 0.25) is 5.92 Å². The van der Waals surface area contributed by atoms with Crippen molar-refractivity contribution in [3.8, 4) is 10.7 Å². The third-order valence-electron chi connectivity index (χ3n) is 6.20. The van der Waals surface area contributed by atoms with Gasteiger partial charge in [0.05, 0.1) is 6.04 Å². The van der Waals surface area contributed by atoms with Gasteiger partial charge in [-0.05, 0) is 25.8 Å². The lowest BCUT2D eigenvalue weighted by Gasteiger charge is -2.37. The topological polar surface area (TPSA) is 70.6 Å². The van der Waals surface area contributed by atoms with Crippen molar-refractivity contribution >= 4 is 28.9 Å². The van der Waals surface area contributed by atoms with E-state index in [2.05, 4.69) is 15.2 Å². The number of fused-ring (bicyclic) bond motifs is 1. The van der Waals surface area contributed by atoms with Crippen molar-refractivity contribution in [1.82, 2.24) is 14.9 Å². The van der Waals surface area contributed by atoms with Gasteiger partial charge in [-0.25, -0.2) is 23.5 Å². The van der Waals surface area contributed by atoms with E-state index < -0.39 is 5.92 Å². The molecule has 4 heterocycles. The summed E-state index contributed by atoms with van der Waals surface area (Å²) in [4.78, 5) is 25.2. The summed E-state index contributed by atoms with van der Waals surface area (Å²) in [6.45, 7) is 4.34. The van der Waals surface area contributed by atoms with Crippen LogP contribution >= 0.6 is 11.3 Å². The Hall–Kier alpha value is -2.49. The molecule has 1 amide bonds. The van der Waals surface area contributed by atoms with Crippen LogP contribution in [0.1, 0.15) is 31.4 Å². The number of amides is 1. The van der Waals surface area contributed by atoms with Gasteiger partial charge in [0.25, 0.3) is 0 Å². The molecule has 166 valence electrons. The number of aromatic nitrogens is 2. The van der Waals surface area contributed by atoms with Crippen LogP contribution in [0.3, 0.4) is 0 Å². The maximum absolute atomic E-state index is 13.6. The predicted molar refractivity (Wildman–Crippen MR) is 115 cm³/mol. The minimum atomic E-state index is -2.56. The minimum absolute atomic E-state index is 0.0223. The first-order valence-electron chi connectivity index (χ1n) is 10.6. The van der Waals surface area contributed by atoms with Crippen LogP contribution in [0.2, 0.25) is 0 Å². The van der Waals surface area contributed by atoms with E-state index in [4.69, 9.17) is 9.72 Å². The Balaban J connectivity index is 1.40.